The molecule has 1 aliphatic heterocycles. The summed E-state index contributed by atoms with van der Waals surface area (Å²) in [5.74, 6) is 0.772. The number of rotatable bonds is 3. The minimum atomic E-state index is -0.0224. The number of hydrogen-bond donors (Lipinski definition) is 0. The van der Waals surface area contributed by atoms with Gasteiger partial charge in [0.1, 0.15) is 12.1 Å². The standard InChI is InChI=1S/C13H23NO2/c1-10-8-12(13(15)16-10)14(2)9-11-6-4-3-5-7-11/h10-12H,3-9H2,1-2H3/t10-,12-/m1/s1. The molecule has 1 saturated carbocycles. The summed E-state index contributed by atoms with van der Waals surface area (Å²) < 4.78 is 5.20. The Bertz CT molecular complexity index is 248. The van der Waals surface area contributed by atoms with Crippen LogP contribution < -0.4 is 0 Å². The number of carbonyl (C=O) groups excluding carboxylic acids is 1. The Labute approximate surface area is 98.1 Å². The van der Waals surface area contributed by atoms with Crippen LogP contribution >= 0.6 is 0 Å². The Morgan fingerprint density at radius 1 is 1.31 bits per heavy atom. The lowest BCUT2D eigenvalue weighted by Gasteiger charge is -2.29. The number of nitrogens with zero attached hydrogens (tertiary/aromatic N) is 1. The maximum Gasteiger partial charge on any atom is 0.323 e. The normalized spacial score (nSPS) is 32.1. The van der Waals surface area contributed by atoms with Crippen LogP contribution in [0, 0.1) is 5.92 Å². The highest BCUT2D eigenvalue weighted by Gasteiger charge is 2.35. The van der Waals surface area contributed by atoms with Crippen molar-refractivity contribution in [2.24, 2.45) is 5.92 Å². The molecule has 2 aliphatic rings. The molecular weight excluding hydrogens is 202 g/mol. The summed E-state index contributed by atoms with van der Waals surface area (Å²) in [6, 6.07) is 0.0110. The third-order valence-electron chi connectivity index (χ3n) is 3.95. The Morgan fingerprint density at radius 3 is 2.56 bits per heavy atom. The zero-order valence-corrected chi connectivity index (χ0v) is 10.4. The molecule has 3 heteroatoms. The number of ether oxygens (including phenoxy) is 1. The van der Waals surface area contributed by atoms with Crippen molar-refractivity contribution in [2.45, 2.75) is 57.6 Å². The summed E-state index contributed by atoms with van der Waals surface area (Å²) in [5, 5.41) is 0. The third-order valence-corrected chi connectivity index (χ3v) is 3.95. The summed E-state index contributed by atoms with van der Waals surface area (Å²) >= 11 is 0. The lowest BCUT2D eigenvalue weighted by atomic mass is 9.88. The van der Waals surface area contributed by atoms with Gasteiger partial charge in [-0.25, -0.2) is 0 Å². The Kier molecular flexibility index (Phi) is 3.85. The molecule has 3 nitrogen and oxygen atoms in total. The molecule has 1 heterocycles. The Balaban J connectivity index is 1.82. The number of carbonyl (C=O) groups is 1. The van der Waals surface area contributed by atoms with Crippen molar-refractivity contribution in [2.75, 3.05) is 13.6 Å². The highest BCUT2D eigenvalue weighted by molar-refractivity contribution is 5.77. The van der Waals surface area contributed by atoms with E-state index in [1.165, 1.54) is 32.1 Å². The smallest absolute Gasteiger partial charge is 0.323 e. The highest BCUT2D eigenvalue weighted by Crippen LogP contribution is 2.26. The molecule has 0 radical (unpaired) electrons. The maximum atomic E-state index is 11.6. The average molecular weight is 225 g/mol. The van der Waals surface area contributed by atoms with E-state index in [9.17, 15) is 4.79 Å². The van der Waals surface area contributed by atoms with Crippen LogP contribution in [0.5, 0.6) is 0 Å². The van der Waals surface area contributed by atoms with E-state index in [1.807, 2.05) is 6.92 Å². The number of hydrogen-bond acceptors (Lipinski definition) is 3. The molecule has 0 aromatic carbocycles. The second-order valence-corrected chi connectivity index (χ2v) is 5.44. The second-order valence-electron chi connectivity index (χ2n) is 5.44. The summed E-state index contributed by atoms with van der Waals surface area (Å²) in [5.41, 5.74) is 0. The van der Waals surface area contributed by atoms with Gasteiger partial charge in [0.25, 0.3) is 0 Å². The van der Waals surface area contributed by atoms with E-state index in [4.69, 9.17) is 4.74 Å². The zero-order valence-electron chi connectivity index (χ0n) is 10.4. The number of esters is 1. The molecule has 1 saturated heterocycles. The van der Waals surface area contributed by atoms with Gasteiger partial charge >= 0.3 is 5.97 Å². The van der Waals surface area contributed by atoms with Crippen LogP contribution in [0.2, 0.25) is 0 Å². The van der Waals surface area contributed by atoms with Crippen molar-refractivity contribution < 1.29 is 9.53 Å². The molecule has 92 valence electrons. The lowest BCUT2D eigenvalue weighted by Crippen LogP contribution is -2.39. The van der Waals surface area contributed by atoms with Gasteiger partial charge < -0.3 is 4.74 Å². The van der Waals surface area contributed by atoms with E-state index in [0.29, 0.717) is 0 Å². The van der Waals surface area contributed by atoms with Crippen molar-refractivity contribution in [3.05, 3.63) is 0 Å². The van der Waals surface area contributed by atoms with Crippen LogP contribution in [0.25, 0.3) is 0 Å². The van der Waals surface area contributed by atoms with E-state index in [-0.39, 0.29) is 18.1 Å². The fourth-order valence-corrected chi connectivity index (χ4v) is 3.00. The van der Waals surface area contributed by atoms with Gasteiger partial charge in [0.15, 0.2) is 0 Å². The molecular formula is C13H23NO2. The predicted molar refractivity (Wildman–Crippen MR) is 63.2 cm³/mol. The first-order chi connectivity index (χ1) is 7.66. The largest absolute Gasteiger partial charge is 0.461 e. The molecule has 2 fully saturated rings. The Hall–Kier alpha value is -0.570. The first-order valence-electron chi connectivity index (χ1n) is 6.57. The van der Waals surface area contributed by atoms with Crippen molar-refractivity contribution >= 4 is 5.97 Å². The van der Waals surface area contributed by atoms with Crippen LogP contribution in [0.3, 0.4) is 0 Å². The first-order valence-corrected chi connectivity index (χ1v) is 6.57. The van der Waals surface area contributed by atoms with Crippen LogP contribution in [0.15, 0.2) is 0 Å². The molecule has 0 spiro atoms. The predicted octanol–water partition coefficient (Wildman–Crippen LogP) is 2.20. The van der Waals surface area contributed by atoms with Crippen molar-refractivity contribution in [1.29, 1.82) is 0 Å². The van der Waals surface area contributed by atoms with E-state index in [2.05, 4.69) is 11.9 Å². The quantitative estimate of drug-likeness (QED) is 0.690. The highest BCUT2D eigenvalue weighted by atomic mass is 16.6. The topological polar surface area (TPSA) is 29.5 Å². The first kappa shape index (κ1) is 11.9. The van der Waals surface area contributed by atoms with E-state index in [1.54, 1.807) is 0 Å². The molecule has 0 aromatic heterocycles. The lowest BCUT2D eigenvalue weighted by molar-refractivity contribution is -0.144. The van der Waals surface area contributed by atoms with Gasteiger partial charge in [0.05, 0.1) is 0 Å². The van der Waals surface area contributed by atoms with Gasteiger partial charge in [-0.3, -0.25) is 9.69 Å². The van der Waals surface area contributed by atoms with Crippen molar-refractivity contribution in [3.8, 4) is 0 Å². The van der Waals surface area contributed by atoms with Crippen LogP contribution in [-0.4, -0.2) is 36.6 Å². The molecule has 0 aromatic rings. The van der Waals surface area contributed by atoms with Crippen LogP contribution in [-0.2, 0) is 9.53 Å². The molecule has 2 atom stereocenters. The number of cyclic esters (lactones) is 1. The van der Waals surface area contributed by atoms with Gasteiger partial charge in [0, 0.05) is 13.0 Å². The molecule has 0 unspecified atom stereocenters. The molecule has 0 bridgehead atoms. The second kappa shape index (κ2) is 5.17. The monoisotopic (exact) mass is 225 g/mol. The van der Waals surface area contributed by atoms with E-state index < -0.39 is 0 Å². The molecule has 1 aliphatic carbocycles. The van der Waals surface area contributed by atoms with Gasteiger partial charge in [-0.15, -0.1) is 0 Å². The van der Waals surface area contributed by atoms with Gasteiger partial charge in [-0.05, 0) is 32.7 Å². The number of likely N-dealkylation sites (N-methyl/N-ethyl adjacent to an activating group) is 1. The summed E-state index contributed by atoms with van der Waals surface area (Å²) in [6.07, 6.45) is 7.76. The minimum Gasteiger partial charge on any atom is -0.461 e. The van der Waals surface area contributed by atoms with E-state index >= 15 is 0 Å². The SMILES string of the molecule is C[C@@H]1C[C@@H](N(C)CC2CCCCC2)C(=O)O1. The zero-order chi connectivity index (χ0) is 11.5. The molecule has 2 rings (SSSR count). The summed E-state index contributed by atoms with van der Waals surface area (Å²) in [7, 11) is 2.07. The van der Waals surface area contributed by atoms with Gasteiger partial charge in [-0.2, -0.15) is 0 Å². The van der Waals surface area contributed by atoms with Gasteiger partial charge in [-0.1, -0.05) is 19.3 Å². The minimum absolute atomic E-state index is 0.0110. The van der Waals surface area contributed by atoms with Crippen LogP contribution in [0.4, 0.5) is 0 Å². The summed E-state index contributed by atoms with van der Waals surface area (Å²) in [6.45, 7) is 3.04. The van der Waals surface area contributed by atoms with Gasteiger partial charge in [0.2, 0.25) is 0 Å². The Morgan fingerprint density at radius 2 is 2.00 bits per heavy atom. The van der Waals surface area contributed by atoms with Crippen molar-refractivity contribution in [1.82, 2.24) is 4.90 Å². The fraction of sp³-hybridized carbons (Fsp3) is 0.923. The third kappa shape index (κ3) is 2.76. The molecule has 0 N–H and O–H groups in total. The fourth-order valence-electron chi connectivity index (χ4n) is 3.00. The molecule has 0 amide bonds. The van der Waals surface area contributed by atoms with Crippen LogP contribution in [0.1, 0.15) is 45.4 Å². The molecule has 16 heavy (non-hydrogen) atoms. The van der Waals surface area contributed by atoms with E-state index in [0.717, 1.165) is 18.9 Å². The van der Waals surface area contributed by atoms with Crippen molar-refractivity contribution in [3.63, 3.8) is 0 Å². The average Bonchev–Trinajstić information content (AvgIpc) is 2.59. The summed E-state index contributed by atoms with van der Waals surface area (Å²) in [4.78, 5) is 13.8. The maximum absolute atomic E-state index is 11.6.